The number of ether oxygens (including phenoxy) is 1. The highest BCUT2D eigenvalue weighted by Gasteiger charge is 2.03. The van der Waals surface area contributed by atoms with Crippen LogP contribution in [0.3, 0.4) is 0 Å². The number of nitrogens with one attached hydrogen (secondary N) is 2. The van der Waals surface area contributed by atoms with Gasteiger partial charge in [0.1, 0.15) is 12.4 Å². The van der Waals surface area contributed by atoms with Crippen molar-refractivity contribution in [3.8, 4) is 5.75 Å². The molecule has 0 aliphatic carbocycles. The molecular formula is C15H19N3O. The molecule has 0 atom stereocenters. The summed E-state index contributed by atoms with van der Waals surface area (Å²) in [6.45, 7) is 7.76. The maximum Gasteiger partial charge on any atom is 0.124 e. The van der Waals surface area contributed by atoms with E-state index in [4.69, 9.17) is 4.74 Å². The fourth-order valence-electron chi connectivity index (χ4n) is 1.83. The highest BCUT2D eigenvalue weighted by Crippen LogP contribution is 2.17. The normalized spacial score (nSPS) is 10.4. The zero-order valence-electron chi connectivity index (χ0n) is 11.1. The lowest BCUT2D eigenvalue weighted by Crippen LogP contribution is -2.14. The molecule has 0 aliphatic heterocycles. The number of aromatic nitrogens is 2. The molecule has 0 spiro atoms. The summed E-state index contributed by atoms with van der Waals surface area (Å²) < 4.78 is 5.62. The molecule has 0 amide bonds. The van der Waals surface area contributed by atoms with Crippen LogP contribution in [0.2, 0.25) is 0 Å². The Morgan fingerprint density at radius 3 is 2.84 bits per heavy atom. The van der Waals surface area contributed by atoms with E-state index in [0.29, 0.717) is 6.61 Å². The summed E-state index contributed by atoms with van der Waals surface area (Å²) >= 11 is 0. The monoisotopic (exact) mass is 257 g/mol. The van der Waals surface area contributed by atoms with Crippen molar-refractivity contribution in [2.24, 2.45) is 0 Å². The smallest absolute Gasteiger partial charge is 0.124 e. The van der Waals surface area contributed by atoms with Gasteiger partial charge in [0.15, 0.2) is 0 Å². The molecule has 0 radical (unpaired) electrons. The minimum atomic E-state index is 0.526. The SMILES string of the molecule is C=CCOc1ccccc1CNCc1cn[nH]c1C. The first-order valence-electron chi connectivity index (χ1n) is 6.32. The lowest BCUT2D eigenvalue weighted by Gasteiger charge is -2.10. The predicted molar refractivity (Wildman–Crippen MR) is 76.0 cm³/mol. The van der Waals surface area contributed by atoms with Crippen LogP contribution in [-0.4, -0.2) is 16.8 Å². The third-order valence-corrected chi connectivity index (χ3v) is 2.89. The van der Waals surface area contributed by atoms with Crippen molar-refractivity contribution in [1.29, 1.82) is 0 Å². The Morgan fingerprint density at radius 2 is 2.11 bits per heavy atom. The number of para-hydroxylation sites is 1. The van der Waals surface area contributed by atoms with Gasteiger partial charge in [0.2, 0.25) is 0 Å². The molecular weight excluding hydrogens is 238 g/mol. The predicted octanol–water partition coefficient (Wildman–Crippen LogP) is 2.57. The summed E-state index contributed by atoms with van der Waals surface area (Å²) in [7, 11) is 0. The maximum atomic E-state index is 5.62. The first kappa shape index (κ1) is 13.4. The van der Waals surface area contributed by atoms with Crippen molar-refractivity contribution in [3.63, 3.8) is 0 Å². The van der Waals surface area contributed by atoms with Gasteiger partial charge in [0.05, 0.1) is 6.20 Å². The van der Waals surface area contributed by atoms with Crippen molar-refractivity contribution in [2.75, 3.05) is 6.61 Å². The molecule has 0 saturated carbocycles. The average Bonchev–Trinajstić information content (AvgIpc) is 2.83. The van der Waals surface area contributed by atoms with Crippen molar-refractivity contribution in [1.82, 2.24) is 15.5 Å². The van der Waals surface area contributed by atoms with Gasteiger partial charge < -0.3 is 10.1 Å². The molecule has 0 fully saturated rings. The zero-order valence-corrected chi connectivity index (χ0v) is 11.1. The number of rotatable bonds is 7. The van der Waals surface area contributed by atoms with E-state index >= 15 is 0 Å². The fourth-order valence-corrected chi connectivity index (χ4v) is 1.83. The number of aromatic amines is 1. The molecule has 0 aliphatic rings. The van der Waals surface area contributed by atoms with Crippen molar-refractivity contribution in [2.45, 2.75) is 20.0 Å². The minimum Gasteiger partial charge on any atom is -0.489 e. The maximum absolute atomic E-state index is 5.62. The summed E-state index contributed by atoms with van der Waals surface area (Å²) in [4.78, 5) is 0. The molecule has 0 saturated heterocycles. The van der Waals surface area contributed by atoms with Gasteiger partial charge >= 0.3 is 0 Å². The van der Waals surface area contributed by atoms with Crippen LogP contribution in [0.25, 0.3) is 0 Å². The summed E-state index contributed by atoms with van der Waals surface area (Å²) in [6, 6.07) is 8.03. The van der Waals surface area contributed by atoms with Crippen LogP contribution in [0.15, 0.2) is 43.1 Å². The number of nitrogens with zero attached hydrogens (tertiary/aromatic N) is 1. The van der Waals surface area contributed by atoms with Crippen LogP contribution in [-0.2, 0) is 13.1 Å². The standard InChI is InChI=1S/C15H19N3O/c1-3-8-19-15-7-5-4-6-13(15)9-16-10-14-11-17-18-12(14)2/h3-7,11,16H,1,8-10H2,2H3,(H,17,18). The van der Waals surface area contributed by atoms with E-state index in [1.807, 2.05) is 31.3 Å². The van der Waals surface area contributed by atoms with Gasteiger partial charge in [0, 0.05) is 29.9 Å². The topological polar surface area (TPSA) is 49.9 Å². The zero-order chi connectivity index (χ0) is 13.5. The molecule has 2 rings (SSSR count). The lowest BCUT2D eigenvalue weighted by molar-refractivity contribution is 0.358. The van der Waals surface area contributed by atoms with Crippen LogP contribution >= 0.6 is 0 Å². The number of hydrogen-bond donors (Lipinski definition) is 2. The first-order valence-corrected chi connectivity index (χ1v) is 6.32. The third-order valence-electron chi connectivity index (χ3n) is 2.89. The fraction of sp³-hybridized carbons (Fsp3) is 0.267. The largest absolute Gasteiger partial charge is 0.489 e. The van der Waals surface area contributed by atoms with Gasteiger partial charge in [-0.2, -0.15) is 5.10 Å². The third kappa shape index (κ3) is 3.69. The van der Waals surface area contributed by atoms with Crippen LogP contribution in [0, 0.1) is 6.92 Å². The summed E-state index contributed by atoms with van der Waals surface area (Å²) in [5.74, 6) is 0.902. The van der Waals surface area contributed by atoms with Gasteiger partial charge in [-0.25, -0.2) is 0 Å². The second kappa shape index (κ2) is 6.75. The first-order chi connectivity index (χ1) is 9.31. The second-order valence-electron chi connectivity index (χ2n) is 4.33. The minimum absolute atomic E-state index is 0.526. The Labute approximate surface area is 113 Å². The lowest BCUT2D eigenvalue weighted by atomic mass is 10.2. The Bertz CT molecular complexity index is 534. The Hall–Kier alpha value is -2.07. The molecule has 2 aromatic rings. The van der Waals surface area contributed by atoms with Crippen molar-refractivity contribution in [3.05, 3.63) is 59.9 Å². The van der Waals surface area contributed by atoms with Gasteiger partial charge in [-0.1, -0.05) is 30.9 Å². The van der Waals surface area contributed by atoms with E-state index in [0.717, 1.165) is 30.1 Å². The van der Waals surface area contributed by atoms with E-state index in [2.05, 4.69) is 28.2 Å². The van der Waals surface area contributed by atoms with Gasteiger partial charge in [-0.05, 0) is 13.0 Å². The van der Waals surface area contributed by atoms with Crippen molar-refractivity contribution >= 4 is 0 Å². The average molecular weight is 257 g/mol. The highest BCUT2D eigenvalue weighted by atomic mass is 16.5. The van der Waals surface area contributed by atoms with Crippen LogP contribution in [0.4, 0.5) is 0 Å². The highest BCUT2D eigenvalue weighted by molar-refractivity contribution is 5.33. The molecule has 1 heterocycles. The molecule has 2 N–H and O–H groups in total. The van der Waals surface area contributed by atoms with Gasteiger partial charge in [-0.3, -0.25) is 5.10 Å². The molecule has 1 aromatic heterocycles. The molecule has 1 aromatic carbocycles. The molecule has 4 heteroatoms. The van der Waals surface area contributed by atoms with E-state index in [9.17, 15) is 0 Å². The number of benzene rings is 1. The molecule has 0 bridgehead atoms. The summed E-state index contributed by atoms with van der Waals surface area (Å²) in [5.41, 5.74) is 3.43. The number of aryl methyl sites for hydroxylation is 1. The van der Waals surface area contributed by atoms with E-state index < -0.39 is 0 Å². The summed E-state index contributed by atoms with van der Waals surface area (Å²) in [6.07, 6.45) is 3.60. The van der Waals surface area contributed by atoms with Gasteiger partial charge in [0.25, 0.3) is 0 Å². The Balaban J connectivity index is 1.92. The second-order valence-corrected chi connectivity index (χ2v) is 4.33. The molecule has 4 nitrogen and oxygen atoms in total. The Kier molecular flexibility index (Phi) is 4.75. The molecule has 19 heavy (non-hydrogen) atoms. The van der Waals surface area contributed by atoms with Crippen LogP contribution in [0.5, 0.6) is 5.75 Å². The molecule has 0 unspecified atom stereocenters. The number of hydrogen-bond acceptors (Lipinski definition) is 3. The van der Waals surface area contributed by atoms with E-state index in [-0.39, 0.29) is 0 Å². The summed E-state index contributed by atoms with van der Waals surface area (Å²) in [5, 5.41) is 10.3. The van der Waals surface area contributed by atoms with Crippen LogP contribution in [0.1, 0.15) is 16.8 Å². The van der Waals surface area contributed by atoms with E-state index in [1.165, 1.54) is 5.56 Å². The van der Waals surface area contributed by atoms with Gasteiger partial charge in [-0.15, -0.1) is 0 Å². The number of H-pyrrole nitrogens is 1. The van der Waals surface area contributed by atoms with Crippen molar-refractivity contribution < 1.29 is 4.74 Å². The molecule has 100 valence electrons. The van der Waals surface area contributed by atoms with Crippen LogP contribution < -0.4 is 10.1 Å². The van der Waals surface area contributed by atoms with E-state index in [1.54, 1.807) is 6.08 Å². The Morgan fingerprint density at radius 1 is 1.32 bits per heavy atom. The quantitative estimate of drug-likeness (QED) is 0.749.